The van der Waals surface area contributed by atoms with E-state index in [9.17, 15) is 4.79 Å². The molecule has 1 saturated heterocycles. The molecular weight excluding hydrogens is 378 g/mol. The lowest BCUT2D eigenvalue weighted by Crippen LogP contribution is -2.59. The number of nitrogens with zero attached hydrogens (tertiary/aromatic N) is 1. The molecule has 0 aromatic heterocycles. The Labute approximate surface area is 178 Å². The predicted octanol–water partition coefficient (Wildman–Crippen LogP) is 4.47. The minimum atomic E-state index is -1.11. The van der Waals surface area contributed by atoms with Crippen LogP contribution in [0.15, 0.2) is 42.5 Å². The van der Waals surface area contributed by atoms with Gasteiger partial charge in [-0.1, -0.05) is 31.0 Å². The molecule has 160 valence electrons. The molecule has 5 heteroatoms. The van der Waals surface area contributed by atoms with Crippen molar-refractivity contribution in [1.29, 1.82) is 0 Å². The zero-order valence-corrected chi connectivity index (χ0v) is 17.8. The number of methoxy groups -OCH3 is 1. The third kappa shape index (κ3) is 3.56. The standard InChI is InChI=1S/C18H25NO.C7H6O3/c1-19-10-9-18-8-4-3-5-15(18)17(19)11-13-6-7-14(20-2)12-16(13)18;8-6-4-2-1-3-5(6)7(9)10/h6-7,12,15,17H,3-5,8-11H2,1-2H3;1-4,8H,(H,9,10)/t15-,17+,18+;/m1./s1. The number of likely N-dealkylation sites (tertiary alicyclic amines) is 1. The Hall–Kier alpha value is -2.53. The molecule has 1 aliphatic heterocycles. The third-order valence-electron chi connectivity index (χ3n) is 7.46. The normalized spacial score (nSPS) is 27.1. The molecule has 2 fully saturated rings. The summed E-state index contributed by atoms with van der Waals surface area (Å²) in [6.07, 6.45) is 8.22. The molecule has 2 aromatic carbocycles. The number of hydrogen-bond acceptors (Lipinski definition) is 4. The number of aromatic hydroxyl groups is 1. The van der Waals surface area contributed by atoms with Crippen molar-refractivity contribution in [3.05, 3.63) is 59.2 Å². The number of phenols is 1. The van der Waals surface area contributed by atoms with Gasteiger partial charge in [-0.15, -0.1) is 0 Å². The number of para-hydroxylation sites is 1. The van der Waals surface area contributed by atoms with Crippen LogP contribution in [-0.4, -0.2) is 47.8 Å². The second-order valence-electron chi connectivity index (χ2n) is 8.86. The Bertz CT molecular complexity index is 927. The van der Waals surface area contributed by atoms with Crippen molar-refractivity contribution >= 4 is 5.97 Å². The lowest BCUT2D eigenvalue weighted by Gasteiger charge is -2.58. The first-order valence-electron chi connectivity index (χ1n) is 10.8. The first-order valence-corrected chi connectivity index (χ1v) is 10.8. The quantitative estimate of drug-likeness (QED) is 0.766. The highest BCUT2D eigenvalue weighted by atomic mass is 16.5. The number of ether oxygens (including phenoxy) is 1. The van der Waals surface area contributed by atoms with Gasteiger partial charge in [-0.2, -0.15) is 0 Å². The van der Waals surface area contributed by atoms with Crippen LogP contribution in [0.1, 0.15) is 53.6 Å². The van der Waals surface area contributed by atoms with E-state index < -0.39 is 5.97 Å². The van der Waals surface area contributed by atoms with Crippen LogP contribution in [0.5, 0.6) is 11.5 Å². The van der Waals surface area contributed by atoms with Gasteiger partial charge >= 0.3 is 5.97 Å². The Morgan fingerprint density at radius 2 is 1.97 bits per heavy atom. The zero-order chi connectivity index (χ0) is 21.3. The van der Waals surface area contributed by atoms with E-state index in [1.54, 1.807) is 30.4 Å². The highest BCUT2D eigenvalue weighted by Gasteiger charge is 2.53. The molecule has 1 heterocycles. The first-order chi connectivity index (χ1) is 14.5. The fourth-order valence-electron chi connectivity index (χ4n) is 5.96. The highest BCUT2D eigenvalue weighted by molar-refractivity contribution is 5.90. The lowest BCUT2D eigenvalue weighted by atomic mass is 9.52. The van der Waals surface area contributed by atoms with Crippen molar-refractivity contribution in [2.75, 3.05) is 20.7 Å². The van der Waals surface area contributed by atoms with Gasteiger partial charge < -0.3 is 19.8 Å². The monoisotopic (exact) mass is 409 g/mol. The van der Waals surface area contributed by atoms with Gasteiger partial charge in [0, 0.05) is 11.5 Å². The second kappa shape index (κ2) is 8.31. The number of hydrogen-bond donors (Lipinski definition) is 2. The van der Waals surface area contributed by atoms with Crippen molar-refractivity contribution in [2.45, 2.75) is 50.0 Å². The van der Waals surface area contributed by atoms with Gasteiger partial charge in [-0.3, -0.25) is 0 Å². The summed E-state index contributed by atoms with van der Waals surface area (Å²) in [6.45, 7) is 1.26. The number of carboxylic acid groups (broad SMARTS) is 1. The summed E-state index contributed by atoms with van der Waals surface area (Å²) in [7, 11) is 4.12. The van der Waals surface area contributed by atoms with E-state index >= 15 is 0 Å². The second-order valence-corrected chi connectivity index (χ2v) is 8.86. The van der Waals surface area contributed by atoms with Gasteiger partial charge in [0.1, 0.15) is 17.1 Å². The number of carbonyl (C=O) groups is 1. The predicted molar refractivity (Wildman–Crippen MR) is 116 cm³/mol. The van der Waals surface area contributed by atoms with Gasteiger partial charge in [-0.05, 0) is 80.6 Å². The molecule has 0 spiro atoms. The molecule has 2 bridgehead atoms. The average Bonchev–Trinajstić information content (AvgIpc) is 2.76. The number of carboxylic acids is 1. The topological polar surface area (TPSA) is 70.0 Å². The molecule has 3 atom stereocenters. The molecule has 2 N–H and O–H groups in total. The van der Waals surface area contributed by atoms with Gasteiger partial charge in [0.05, 0.1) is 7.11 Å². The lowest BCUT2D eigenvalue weighted by molar-refractivity contribution is 0.00274. The minimum absolute atomic E-state index is 0.0671. The largest absolute Gasteiger partial charge is 0.507 e. The summed E-state index contributed by atoms with van der Waals surface area (Å²) in [5.74, 6) is 0.600. The van der Waals surface area contributed by atoms with E-state index in [4.69, 9.17) is 14.9 Å². The zero-order valence-electron chi connectivity index (χ0n) is 17.8. The van der Waals surface area contributed by atoms with Crippen LogP contribution >= 0.6 is 0 Å². The van der Waals surface area contributed by atoms with Gasteiger partial charge in [0.25, 0.3) is 0 Å². The summed E-state index contributed by atoms with van der Waals surface area (Å²) >= 11 is 0. The Morgan fingerprint density at radius 3 is 2.67 bits per heavy atom. The number of rotatable bonds is 2. The molecule has 0 amide bonds. The maximum Gasteiger partial charge on any atom is 0.339 e. The molecule has 2 aromatic rings. The molecular formula is C25H31NO4. The molecule has 5 nitrogen and oxygen atoms in total. The Morgan fingerprint density at radius 1 is 1.17 bits per heavy atom. The number of fused-ring (bicyclic) bond motifs is 1. The van der Waals surface area contributed by atoms with Crippen LogP contribution in [0.25, 0.3) is 0 Å². The summed E-state index contributed by atoms with van der Waals surface area (Å²) in [5.41, 5.74) is 3.60. The molecule has 2 aliphatic carbocycles. The van der Waals surface area contributed by atoms with Crippen LogP contribution in [0, 0.1) is 5.92 Å². The van der Waals surface area contributed by atoms with Crippen molar-refractivity contribution in [3.8, 4) is 11.5 Å². The Balaban J connectivity index is 0.000000185. The van der Waals surface area contributed by atoms with Crippen molar-refractivity contribution in [3.63, 3.8) is 0 Å². The van der Waals surface area contributed by atoms with E-state index in [-0.39, 0.29) is 11.3 Å². The maximum atomic E-state index is 10.3. The fourth-order valence-corrected chi connectivity index (χ4v) is 5.96. The van der Waals surface area contributed by atoms with E-state index in [2.05, 4.69) is 30.1 Å². The van der Waals surface area contributed by atoms with E-state index in [1.165, 1.54) is 57.2 Å². The van der Waals surface area contributed by atoms with Crippen molar-refractivity contribution < 1.29 is 19.7 Å². The Kier molecular flexibility index (Phi) is 5.74. The SMILES string of the molecule is COc1ccc2c(c1)[C@]13CCCC[C@@H]1[C@H](C2)N(C)CC3.O=C(O)c1ccccc1O. The van der Waals surface area contributed by atoms with Crippen LogP contribution in [0.3, 0.4) is 0 Å². The van der Waals surface area contributed by atoms with Crippen molar-refractivity contribution in [1.82, 2.24) is 4.90 Å². The summed E-state index contributed by atoms with van der Waals surface area (Å²) in [4.78, 5) is 12.9. The van der Waals surface area contributed by atoms with E-state index in [0.29, 0.717) is 5.41 Å². The van der Waals surface area contributed by atoms with Crippen LogP contribution in [-0.2, 0) is 11.8 Å². The smallest absolute Gasteiger partial charge is 0.339 e. The fraction of sp³-hybridized carbons (Fsp3) is 0.480. The number of piperidine rings is 1. The van der Waals surface area contributed by atoms with Gasteiger partial charge in [0.2, 0.25) is 0 Å². The molecule has 0 unspecified atom stereocenters. The third-order valence-corrected chi connectivity index (χ3v) is 7.46. The van der Waals surface area contributed by atoms with Crippen LogP contribution in [0.4, 0.5) is 0 Å². The summed E-state index contributed by atoms with van der Waals surface area (Å²) in [5, 5.41) is 17.3. The summed E-state index contributed by atoms with van der Waals surface area (Å²) in [6, 6.07) is 13.4. The van der Waals surface area contributed by atoms with E-state index in [0.717, 1.165) is 17.7 Å². The molecule has 0 radical (unpaired) electrons. The summed E-state index contributed by atoms with van der Waals surface area (Å²) < 4.78 is 5.51. The van der Waals surface area contributed by atoms with Crippen LogP contribution < -0.4 is 4.74 Å². The van der Waals surface area contributed by atoms with E-state index in [1.807, 2.05) is 0 Å². The van der Waals surface area contributed by atoms with Gasteiger partial charge in [-0.25, -0.2) is 4.79 Å². The maximum absolute atomic E-state index is 10.3. The molecule has 30 heavy (non-hydrogen) atoms. The average molecular weight is 410 g/mol. The van der Waals surface area contributed by atoms with Crippen molar-refractivity contribution in [2.24, 2.45) is 5.92 Å². The molecule has 1 saturated carbocycles. The number of aromatic carboxylic acids is 1. The minimum Gasteiger partial charge on any atom is -0.507 e. The van der Waals surface area contributed by atoms with Crippen LogP contribution in [0.2, 0.25) is 0 Å². The highest BCUT2D eigenvalue weighted by Crippen LogP contribution is 2.55. The molecule has 3 aliphatic rings. The van der Waals surface area contributed by atoms with Gasteiger partial charge in [0.15, 0.2) is 0 Å². The molecule has 5 rings (SSSR count). The number of likely N-dealkylation sites (N-methyl/N-ethyl adjacent to an activating group) is 1. The number of benzene rings is 2. The first kappa shape index (κ1) is 20.7.